The number of aliphatic hydroxyl groups is 1. The van der Waals surface area contributed by atoms with Crippen molar-refractivity contribution in [1.29, 1.82) is 0 Å². The van der Waals surface area contributed by atoms with Gasteiger partial charge in [-0.25, -0.2) is 0 Å². The van der Waals surface area contributed by atoms with Crippen LogP contribution >= 0.6 is 11.6 Å². The standard InChI is InChI=1S/C10H11ClF3NO/c11-9-2-1-7(6-15-3-4-16)5-8(9)10(12,13)14/h1-2,5,15-16H,3-4,6H2. The fraction of sp³-hybridized carbons (Fsp3) is 0.400. The lowest BCUT2D eigenvalue weighted by molar-refractivity contribution is -0.137. The minimum absolute atomic E-state index is 0.0558. The van der Waals surface area contributed by atoms with Crippen LogP contribution < -0.4 is 5.32 Å². The molecule has 0 amide bonds. The van der Waals surface area contributed by atoms with E-state index in [9.17, 15) is 13.2 Å². The number of hydrogen-bond acceptors (Lipinski definition) is 2. The molecule has 0 saturated carbocycles. The maximum absolute atomic E-state index is 12.5. The summed E-state index contributed by atoms with van der Waals surface area (Å²) < 4.78 is 37.4. The van der Waals surface area contributed by atoms with Gasteiger partial charge in [-0.3, -0.25) is 0 Å². The second-order valence-corrected chi connectivity index (χ2v) is 3.62. The van der Waals surface area contributed by atoms with E-state index in [1.165, 1.54) is 12.1 Å². The van der Waals surface area contributed by atoms with Gasteiger partial charge in [0.1, 0.15) is 0 Å². The van der Waals surface area contributed by atoms with E-state index >= 15 is 0 Å². The first-order valence-corrected chi connectivity index (χ1v) is 5.00. The first kappa shape index (κ1) is 13.3. The van der Waals surface area contributed by atoms with E-state index in [1.807, 2.05) is 0 Å². The van der Waals surface area contributed by atoms with Gasteiger partial charge in [0.2, 0.25) is 0 Å². The normalized spacial score (nSPS) is 11.8. The Bertz CT molecular complexity index is 354. The highest BCUT2D eigenvalue weighted by molar-refractivity contribution is 6.31. The number of aliphatic hydroxyl groups excluding tert-OH is 1. The van der Waals surface area contributed by atoms with Crippen LogP contribution in [0, 0.1) is 0 Å². The molecular weight excluding hydrogens is 243 g/mol. The molecule has 2 N–H and O–H groups in total. The third-order valence-electron chi connectivity index (χ3n) is 1.95. The van der Waals surface area contributed by atoms with Crippen molar-refractivity contribution >= 4 is 11.6 Å². The van der Waals surface area contributed by atoms with Gasteiger partial charge in [-0.1, -0.05) is 17.7 Å². The van der Waals surface area contributed by atoms with Crippen molar-refractivity contribution in [2.24, 2.45) is 0 Å². The second-order valence-electron chi connectivity index (χ2n) is 3.21. The molecule has 0 spiro atoms. The third-order valence-corrected chi connectivity index (χ3v) is 2.28. The summed E-state index contributed by atoms with van der Waals surface area (Å²) in [5, 5.41) is 11.0. The average molecular weight is 254 g/mol. The van der Waals surface area contributed by atoms with Crippen LogP contribution in [0.4, 0.5) is 13.2 Å². The summed E-state index contributed by atoms with van der Waals surface area (Å²) in [6.07, 6.45) is -4.44. The molecule has 1 aromatic rings. The summed E-state index contributed by atoms with van der Waals surface area (Å²) >= 11 is 5.46. The number of halogens is 4. The highest BCUT2D eigenvalue weighted by atomic mass is 35.5. The molecule has 0 fully saturated rings. The molecule has 0 aromatic heterocycles. The molecule has 0 aliphatic rings. The van der Waals surface area contributed by atoms with Gasteiger partial charge >= 0.3 is 6.18 Å². The molecule has 1 rings (SSSR count). The van der Waals surface area contributed by atoms with Gasteiger partial charge < -0.3 is 10.4 Å². The Balaban J connectivity index is 2.82. The van der Waals surface area contributed by atoms with E-state index in [1.54, 1.807) is 0 Å². The van der Waals surface area contributed by atoms with E-state index in [-0.39, 0.29) is 18.2 Å². The molecule has 0 radical (unpaired) electrons. The maximum Gasteiger partial charge on any atom is 0.417 e. The van der Waals surface area contributed by atoms with Crippen LogP contribution in [-0.2, 0) is 12.7 Å². The van der Waals surface area contributed by atoms with E-state index in [0.29, 0.717) is 12.1 Å². The smallest absolute Gasteiger partial charge is 0.395 e. The molecule has 6 heteroatoms. The monoisotopic (exact) mass is 253 g/mol. The van der Waals surface area contributed by atoms with Crippen molar-refractivity contribution in [2.75, 3.05) is 13.2 Å². The Labute approximate surface area is 96.0 Å². The van der Waals surface area contributed by atoms with Crippen molar-refractivity contribution in [2.45, 2.75) is 12.7 Å². The van der Waals surface area contributed by atoms with Gasteiger partial charge in [-0.2, -0.15) is 13.2 Å². The zero-order valence-electron chi connectivity index (χ0n) is 8.31. The fourth-order valence-corrected chi connectivity index (χ4v) is 1.44. The average Bonchev–Trinajstić information content (AvgIpc) is 2.19. The molecule has 90 valence electrons. The molecule has 0 heterocycles. The summed E-state index contributed by atoms with van der Waals surface area (Å²) in [6, 6.07) is 3.75. The Morgan fingerprint density at radius 1 is 1.31 bits per heavy atom. The summed E-state index contributed by atoms with van der Waals surface area (Å²) in [6.45, 7) is 0.546. The molecular formula is C10H11ClF3NO. The van der Waals surface area contributed by atoms with E-state index in [0.717, 1.165) is 6.07 Å². The Morgan fingerprint density at radius 3 is 2.56 bits per heavy atom. The zero-order valence-corrected chi connectivity index (χ0v) is 9.07. The number of rotatable bonds is 4. The fourth-order valence-electron chi connectivity index (χ4n) is 1.21. The van der Waals surface area contributed by atoms with Gasteiger partial charge in [-0.15, -0.1) is 0 Å². The Hall–Kier alpha value is -0.780. The highest BCUT2D eigenvalue weighted by Gasteiger charge is 2.33. The summed E-state index contributed by atoms with van der Waals surface area (Å²) in [5.74, 6) is 0. The third kappa shape index (κ3) is 3.66. The van der Waals surface area contributed by atoms with Gasteiger partial charge in [0.15, 0.2) is 0 Å². The van der Waals surface area contributed by atoms with Crippen LogP contribution in [-0.4, -0.2) is 18.3 Å². The van der Waals surface area contributed by atoms with Gasteiger partial charge in [0.05, 0.1) is 17.2 Å². The number of alkyl halides is 3. The molecule has 1 aromatic carbocycles. The minimum Gasteiger partial charge on any atom is -0.395 e. The predicted octanol–water partition coefficient (Wildman–Crippen LogP) is 2.44. The number of nitrogens with one attached hydrogen (secondary N) is 1. The Morgan fingerprint density at radius 2 is 2.00 bits per heavy atom. The van der Waals surface area contributed by atoms with Crippen LogP contribution in [0.2, 0.25) is 5.02 Å². The lowest BCUT2D eigenvalue weighted by atomic mass is 10.1. The highest BCUT2D eigenvalue weighted by Crippen LogP contribution is 2.35. The Kier molecular flexibility index (Phi) is 4.58. The van der Waals surface area contributed by atoms with Crippen LogP contribution in [0.1, 0.15) is 11.1 Å². The summed E-state index contributed by atoms with van der Waals surface area (Å²) in [5.41, 5.74) is -0.359. The van der Waals surface area contributed by atoms with Crippen molar-refractivity contribution in [3.05, 3.63) is 34.3 Å². The molecule has 16 heavy (non-hydrogen) atoms. The van der Waals surface area contributed by atoms with E-state index < -0.39 is 11.7 Å². The summed E-state index contributed by atoms with van der Waals surface area (Å²) in [7, 11) is 0. The molecule has 2 nitrogen and oxygen atoms in total. The number of benzene rings is 1. The molecule has 0 unspecified atom stereocenters. The quantitative estimate of drug-likeness (QED) is 0.808. The van der Waals surface area contributed by atoms with Crippen molar-refractivity contribution in [3.8, 4) is 0 Å². The lowest BCUT2D eigenvalue weighted by Gasteiger charge is -2.11. The molecule has 0 saturated heterocycles. The topological polar surface area (TPSA) is 32.3 Å². The van der Waals surface area contributed by atoms with Gasteiger partial charge in [-0.05, 0) is 17.7 Å². The van der Waals surface area contributed by atoms with Gasteiger partial charge in [0.25, 0.3) is 0 Å². The zero-order chi connectivity index (χ0) is 12.2. The first-order chi connectivity index (χ1) is 7.45. The first-order valence-electron chi connectivity index (χ1n) is 4.62. The lowest BCUT2D eigenvalue weighted by Crippen LogP contribution is -2.18. The molecule has 0 bridgehead atoms. The van der Waals surface area contributed by atoms with Crippen molar-refractivity contribution in [3.63, 3.8) is 0 Å². The minimum atomic E-state index is -4.44. The van der Waals surface area contributed by atoms with Crippen LogP contribution in [0.3, 0.4) is 0 Å². The van der Waals surface area contributed by atoms with Crippen LogP contribution in [0.25, 0.3) is 0 Å². The SMILES string of the molecule is OCCNCc1ccc(Cl)c(C(F)(F)F)c1. The second kappa shape index (κ2) is 5.52. The van der Waals surface area contributed by atoms with E-state index in [4.69, 9.17) is 16.7 Å². The van der Waals surface area contributed by atoms with E-state index in [2.05, 4.69) is 5.32 Å². The van der Waals surface area contributed by atoms with Crippen LogP contribution in [0.5, 0.6) is 0 Å². The maximum atomic E-state index is 12.5. The number of hydrogen-bond donors (Lipinski definition) is 2. The largest absolute Gasteiger partial charge is 0.417 e. The molecule has 0 atom stereocenters. The molecule has 0 aliphatic carbocycles. The molecule has 0 aliphatic heterocycles. The van der Waals surface area contributed by atoms with Crippen molar-refractivity contribution < 1.29 is 18.3 Å². The summed E-state index contributed by atoms with van der Waals surface area (Å²) in [4.78, 5) is 0. The van der Waals surface area contributed by atoms with Gasteiger partial charge in [0, 0.05) is 13.1 Å². The van der Waals surface area contributed by atoms with Crippen LogP contribution in [0.15, 0.2) is 18.2 Å². The van der Waals surface area contributed by atoms with Crippen molar-refractivity contribution in [1.82, 2.24) is 5.32 Å². The predicted molar refractivity (Wildman–Crippen MR) is 55.2 cm³/mol.